The summed E-state index contributed by atoms with van der Waals surface area (Å²) in [6.07, 6.45) is 4.28. The zero-order valence-electron chi connectivity index (χ0n) is 7.29. The van der Waals surface area contributed by atoms with E-state index in [1.807, 2.05) is 0 Å². The van der Waals surface area contributed by atoms with Crippen LogP contribution in [0.3, 0.4) is 0 Å². The van der Waals surface area contributed by atoms with E-state index in [2.05, 4.69) is 25.3 Å². The maximum atomic E-state index is 11.3. The Bertz CT molecular complexity index is 344. The standard InChI is InChI=1S/C7H8N6O/c8-13-12-4-3-11-7(14)6-5-9-1-2-10-6/h1-2,5H,3-4H2,(H,11,14). The predicted molar refractivity (Wildman–Crippen MR) is 48.4 cm³/mol. The summed E-state index contributed by atoms with van der Waals surface area (Å²) in [6.45, 7) is 0.516. The highest BCUT2D eigenvalue weighted by Crippen LogP contribution is 1.88. The van der Waals surface area contributed by atoms with Crippen LogP contribution in [0, 0.1) is 0 Å². The highest BCUT2D eigenvalue weighted by atomic mass is 16.1. The summed E-state index contributed by atoms with van der Waals surface area (Å²) in [4.78, 5) is 21.4. The predicted octanol–water partition coefficient (Wildman–Crippen LogP) is 0.517. The summed E-state index contributed by atoms with van der Waals surface area (Å²) in [7, 11) is 0. The van der Waals surface area contributed by atoms with E-state index < -0.39 is 0 Å². The first-order valence-electron chi connectivity index (χ1n) is 3.89. The van der Waals surface area contributed by atoms with Crippen molar-refractivity contribution in [3.8, 4) is 0 Å². The van der Waals surface area contributed by atoms with Crippen molar-refractivity contribution in [1.82, 2.24) is 15.3 Å². The molecule has 72 valence electrons. The number of rotatable bonds is 4. The molecule has 7 nitrogen and oxygen atoms in total. The molecule has 0 saturated carbocycles. The molecule has 1 heterocycles. The SMILES string of the molecule is [N-]=[N+]=NCCNC(=O)c1cnccn1. The Morgan fingerprint density at radius 3 is 3.14 bits per heavy atom. The lowest BCUT2D eigenvalue weighted by molar-refractivity contribution is 0.0949. The summed E-state index contributed by atoms with van der Waals surface area (Å²) >= 11 is 0. The molecule has 0 aromatic carbocycles. The molecule has 1 aromatic heterocycles. The van der Waals surface area contributed by atoms with E-state index in [1.54, 1.807) is 0 Å². The molecule has 0 aliphatic rings. The average Bonchev–Trinajstić information content (AvgIpc) is 2.25. The fourth-order valence-electron chi connectivity index (χ4n) is 0.771. The van der Waals surface area contributed by atoms with E-state index in [1.165, 1.54) is 18.6 Å². The zero-order valence-corrected chi connectivity index (χ0v) is 7.29. The Kier molecular flexibility index (Phi) is 3.90. The number of nitrogens with one attached hydrogen (secondary N) is 1. The molecular weight excluding hydrogens is 184 g/mol. The molecule has 0 aliphatic carbocycles. The molecule has 14 heavy (non-hydrogen) atoms. The summed E-state index contributed by atoms with van der Waals surface area (Å²) in [6, 6.07) is 0. The van der Waals surface area contributed by atoms with Crippen LogP contribution in [0.5, 0.6) is 0 Å². The minimum atomic E-state index is -0.328. The molecule has 0 radical (unpaired) electrons. The molecule has 0 spiro atoms. The minimum absolute atomic E-state index is 0.225. The number of carbonyl (C=O) groups excluding carboxylic acids is 1. The van der Waals surface area contributed by atoms with E-state index in [0.717, 1.165) is 0 Å². The van der Waals surface area contributed by atoms with Gasteiger partial charge in [0, 0.05) is 30.4 Å². The minimum Gasteiger partial charge on any atom is -0.351 e. The van der Waals surface area contributed by atoms with Gasteiger partial charge in [-0.15, -0.1) is 0 Å². The fraction of sp³-hybridized carbons (Fsp3) is 0.286. The van der Waals surface area contributed by atoms with Gasteiger partial charge in [-0.1, -0.05) is 5.11 Å². The van der Waals surface area contributed by atoms with Crippen molar-refractivity contribution in [1.29, 1.82) is 0 Å². The quantitative estimate of drug-likeness (QED) is 0.325. The molecular formula is C7H8N6O. The van der Waals surface area contributed by atoms with Crippen molar-refractivity contribution in [3.63, 3.8) is 0 Å². The number of carbonyl (C=O) groups is 1. The van der Waals surface area contributed by atoms with E-state index in [0.29, 0.717) is 6.54 Å². The normalized spacial score (nSPS) is 8.86. The first kappa shape index (κ1) is 9.94. The van der Waals surface area contributed by atoms with Crippen LogP contribution in [0.25, 0.3) is 10.4 Å². The second-order valence-corrected chi connectivity index (χ2v) is 2.30. The van der Waals surface area contributed by atoms with E-state index >= 15 is 0 Å². The largest absolute Gasteiger partial charge is 0.351 e. The Labute approximate surface area is 79.8 Å². The van der Waals surface area contributed by atoms with Crippen LogP contribution < -0.4 is 5.32 Å². The number of nitrogens with zero attached hydrogens (tertiary/aromatic N) is 5. The smallest absolute Gasteiger partial charge is 0.271 e. The molecule has 0 atom stereocenters. The van der Waals surface area contributed by atoms with Crippen molar-refractivity contribution >= 4 is 5.91 Å². The number of amides is 1. The summed E-state index contributed by atoms with van der Waals surface area (Å²) in [5.74, 6) is -0.328. The molecule has 0 aliphatic heterocycles. The third kappa shape index (κ3) is 3.08. The van der Waals surface area contributed by atoms with E-state index in [9.17, 15) is 4.79 Å². The molecule has 1 aromatic rings. The molecule has 0 fully saturated rings. The Morgan fingerprint density at radius 1 is 1.64 bits per heavy atom. The molecule has 7 heteroatoms. The molecule has 1 N–H and O–H groups in total. The Hall–Kier alpha value is -2.14. The average molecular weight is 192 g/mol. The highest BCUT2D eigenvalue weighted by molar-refractivity contribution is 5.91. The van der Waals surface area contributed by atoms with Crippen LogP contribution >= 0.6 is 0 Å². The lowest BCUT2D eigenvalue weighted by Gasteiger charge is -2.00. The first-order valence-corrected chi connectivity index (χ1v) is 3.89. The van der Waals surface area contributed by atoms with Crippen molar-refractivity contribution in [2.75, 3.05) is 13.1 Å². The van der Waals surface area contributed by atoms with E-state index in [4.69, 9.17) is 5.53 Å². The second-order valence-electron chi connectivity index (χ2n) is 2.30. The van der Waals surface area contributed by atoms with Gasteiger partial charge in [-0.2, -0.15) is 0 Å². The highest BCUT2D eigenvalue weighted by Gasteiger charge is 2.04. The van der Waals surface area contributed by atoms with Crippen LogP contribution in [0.2, 0.25) is 0 Å². The monoisotopic (exact) mass is 192 g/mol. The molecule has 0 unspecified atom stereocenters. The summed E-state index contributed by atoms with van der Waals surface area (Å²) in [5.41, 5.74) is 8.22. The van der Waals surface area contributed by atoms with Crippen LogP contribution in [0.15, 0.2) is 23.7 Å². The Balaban J connectivity index is 2.40. The van der Waals surface area contributed by atoms with Gasteiger partial charge in [-0.05, 0) is 5.53 Å². The summed E-state index contributed by atoms with van der Waals surface area (Å²) in [5, 5.41) is 5.79. The number of azide groups is 1. The lowest BCUT2D eigenvalue weighted by Crippen LogP contribution is -2.26. The fourth-order valence-corrected chi connectivity index (χ4v) is 0.771. The third-order valence-electron chi connectivity index (χ3n) is 1.36. The topological polar surface area (TPSA) is 104 Å². The lowest BCUT2D eigenvalue weighted by atomic mass is 10.4. The van der Waals surface area contributed by atoms with Crippen molar-refractivity contribution < 1.29 is 4.79 Å². The number of hydrogen-bond donors (Lipinski definition) is 1. The van der Waals surface area contributed by atoms with Crippen molar-refractivity contribution in [3.05, 3.63) is 34.7 Å². The van der Waals surface area contributed by atoms with Gasteiger partial charge in [0.1, 0.15) is 5.69 Å². The van der Waals surface area contributed by atoms with Gasteiger partial charge in [0.05, 0.1) is 6.20 Å². The number of hydrogen-bond acceptors (Lipinski definition) is 4. The van der Waals surface area contributed by atoms with Crippen LogP contribution in [-0.2, 0) is 0 Å². The molecule has 1 amide bonds. The van der Waals surface area contributed by atoms with Gasteiger partial charge < -0.3 is 5.32 Å². The van der Waals surface area contributed by atoms with Gasteiger partial charge in [-0.25, -0.2) is 4.98 Å². The first-order chi connectivity index (χ1) is 6.84. The van der Waals surface area contributed by atoms with Crippen molar-refractivity contribution in [2.45, 2.75) is 0 Å². The second kappa shape index (κ2) is 5.50. The van der Waals surface area contributed by atoms with Gasteiger partial charge in [0.15, 0.2) is 0 Å². The zero-order chi connectivity index (χ0) is 10.2. The molecule has 0 saturated heterocycles. The molecule has 1 rings (SSSR count). The maximum absolute atomic E-state index is 11.3. The van der Waals surface area contributed by atoms with Crippen LogP contribution in [0.1, 0.15) is 10.5 Å². The van der Waals surface area contributed by atoms with Gasteiger partial charge in [0.25, 0.3) is 5.91 Å². The number of aromatic nitrogens is 2. The summed E-state index contributed by atoms with van der Waals surface area (Å²) < 4.78 is 0. The van der Waals surface area contributed by atoms with Gasteiger partial charge in [0.2, 0.25) is 0 Å². The third-order valence-corrected chi connectivity index (χ3v) is 1.36. The maximum Gasteiger partial charge on any atom is 0.271 e. The van der Waals surface area contributed by atoms with Crippen molar-refractivity contribution in [2.24, 2.45) is 5.11 Å². The van der Waals surface area contributed by atoms with E-state index in [-0.39, 0.29) is 18.1 Å². The van der Waals surface area contributed by atoms with Crippen LogP contribution in [0.4, 0.5) is 0 Å². The Morgan fingerprint density at radius 2 is 2.50 bits per heavy atom. The van der Waals surface area contributed by atoms with Gasteiger partial charge in [-0.3, -0.25) is 9.78 Å². The van der Waals surface area contributed by atoms with Gasteiger partial charge >= 0.3 is 0 Å². The van der Waals surface area contributed by atoms with Crippen LogP contribution in [-0.4, -0.2) is 29.0 Å². The molecule has 0 bridgehead atoms.